The third-order valence-corrected chi connectivity index (χ3v) is 2.70. The first kappa shape index (κ1) is 15.6. The van der Waals surface area contributed by atoms with Gasteiger partial charge in [0.05, 0.1) is 14.2 Å². The summed E-state index contributed by atoms with van der Waals surface area (Å²) in [6.07, 6.45) is 0.107. The molecular weight excluding hydrogens is 264 g/mol. The van der Waals surface area contributed by atoms with E-state index in [4.69, 9.17) is 20.3 Å². The molecule has 110 valence electrons. The van der Waals surface area contributed by atoms with Gasteiger partial charge in [0.1, 0.15) is 6.04 Å². The molecule has 20 heavy (non-hydrogen) atoms. The number of nitrogens with two attached hydrogens (primary N) is 1. The Morgan fingerprint density at radius 3 is 2.45 bits per heavy atom. The number of rotatable bonds is 8. The van der Waals surface area contributed by atoms with Crippen LogP contribution in [0.1, 0.15) is 12.8 Å². The van der Waals surface area contributed by atoms with Crippen molar-refractivity contribution in [2.45, 2.75) is 18.9 Å². The van der Waals surface area contributed by atoms with E-state index in [1.165, 1.54) is 14.2 Å². The summed E-state index contributed by atoms with van der Waals surface area (Å²) >= 11 is 0. The Kier molecular flexibility index (Phi) is 5.64. The number of carbonyl (C=O) groups excluding carboxylic acids is 1. The van der Waals surface area contributed by atoms with E-state index in [9.17, 15) is 9.59 Å². The minimum Gasteiger partial charge on any atom is -0.493 e. The molecule has 1 aromatic rings. The van der Waals surface area contributed by atoms with Crippen molar-refractivity contribution in [2.75, 3.05) is 19.5 Å². The zero-order valence-electron chi connectivity index (χ0n) is 11.4. The minimum atomic E-state index is -1.05. The smallest absolute Gasteiger partial charge is 0.326 e. The van der Waals surface area contributed by atoms with Crippen molar-refractivity contribution >= 4 is 17.6 Å². The van der Waals surface area contributed by atoms with E-state index < -0.39 is 17.9 Å². The summed E-state index contributed by atoms with van der Waals surface area (Å²) in [7, 11) is 3.00. The van der Waals surface area contributed by atoms with Gasteiger partial charge in [-0.1, -0.05) is 0 Å². The van der Waals surface area contributed by atoms with Crippen LogP contribution in [0.5, 0.6) is 11.5 Å². The van der Waals surface area contributed by atoms with Gasteiger partial charge in [0, 0.05) is 18.2 Å². The predicted molar refractivity (Wildman–Crippen MR) is 73.0 cm³/mol. The van der Waals surface area contributed by atoms with E-state index in [1.54, 1.807) is 18.2 Å². The second-order valence-corrected chi connectivity index (χ2v) is 4.11. The molecule has 0 heterocycles. The van der Waals surface area contributed by atoms with Crippen LogP contribution in [0.4, 0.5) is 5.69 Å². The first-order valence-electron chi connectivity index (χ1n) is 5.97. The van der Waals surface area contributed by atoms with Crippen LogP contribution in [0.15, 0.2) is 18.2 Å². The molecular formula is C13H18N2O5. The minimum absolute atomic E-state index is 0.00272. The maximum absolute atomic E-state index is 11.1. The van der Waals surface area contributed by atoms with Crippen molar-refractivity contribution < 1.29 is 24.2 Å². The average Bonchev–Trinajstić information content (AvgIpc) is 2.42. The van der Waals surface area contributed by atoms with Gasteiger partial charge in [-0.3, -0.25) is 4.79 Å². The fourth-order valence-corrected chi connectivity index (χ4v) is 1.67. The molecule has 1 atom stereocenters. The molecule has 0 unspecified atom stereocenters. The van der Waals surface area contributed by atoms with Gasteiger partial charge in [0.2, 0.25) is 5.91 Å². The Hall–Kier alpha value is -2.44. The van der Waals surface area contributed by atoms with Gasteiger partial charge in [0.15, 0.2) is 11.5 Å². The standard InChI is InChI=1S/C13H18N2O5/c1-19-10-5-3-8(7-11(10)20-2)15-9(13(17)18)4-6-12(14)16/h3,5,7,9,15H,4,6H2,1-2H3,(H2,14,16)(H,17,18)/t9-/m0/s1. The van der Waals surface area contributed by atoms with E-state index in [0.717, 1.165) is 0 Å². The van der Waals surface area contributed by atoms with E-state index in [0.29, 0.717) is 17.2 Å². The number of carboxylic acids is 1. The molecule has 7 heteroatoms. The summed E-state index contributed by atoms with van der Waals surface area (Å²) in [5.41, 5.74) is 5.58. The number of carboxylic acid groups (broad SMARTS) is 1. The van der Waals surface area contributed by atoms with Gasteiger partial charge in [-0.05, 0) is 18.6 Å². The molecule has 0 saturated heterocycles. The summed E-state index contributed by atoms with van der Waals surface area (Å²) in [6.45, 7) is 0. The number of aliphatic carboxylic acids is 1. The van der Waals surface area contributed by atoms with E-state index in [2.05, 4.69) is 5.32 Å². The summed E-state index contributed by atoms with van der Waals surface area (Å²) in [5.74, 6) is -0.565. The SMILES string of the molecule is COc1ccc(N[C@@H](CCC(N)=O)C(=O)O)cc1OC. The Morgan fingerprint density at radius 2 is 1.95 bits per heavy atom. The number of ether oxygens (including phenoxy) is 2. The molecule has 7 nitrogen and oxygen atoms in total. The van der Waals surface area contributed by atoms with Crippen LogP contribution in [0, 0.1) is 0 Å². The molecule has 0 aliphatic rings. The molecule has 1 amide bonds. The second kappa shape index (κ2) is 7.22. The number of benzene rings is 1. The molecule has 0 fully saturated rings. The van der Waals surface area contributed by atoms with Gasteiger partial charge in [0.25, 0.3) is 0 Å². The van der Waals surface area contributed by atoms with E-state index >= 15 is 0 Å². The molecule has 1 aromatic carbocycles. The van der Waals surface area contributed by atoms with Crippen molar-refractivity contribution in [2.24, 2.45) is 5.73 Å². The topological polar surface area (TPSA) is 111 Å². The van der Waals surface area contributed by atoms with E-state index in [-0.39, 0.29) is 12.8 Å². The lowest BCUT2D eigenvalue weighted by molar-refractivity contribution is -0.138. The lowest BCUT2D eigenvalue weighted by atomic mass is 10.1. The molecule has 4 N–H and O–H groups in total. The number of hydrogen-bond acceptors (Lipinski definition) is 5. The van der Waals surface area contributed by atoms with Gasteiger partial charge >= 0.3 is 5.97 Å². The quantitative estimate of drug-likeness (QED) is 0.651. The largest absolute Gasteiger partial charge is 0.493 e. The maximum atomic E-state index is 11.1. The van der Waals surface area contributed by atoms with Crippen LogP contribution in [0.2, 0.25) is 0 Å². The van der Waals surface area contributed by atoms with Gasteiger partial charge < -0.3 is 25.6 Å². The van der Waals surface area contributed by atoms with Gasteiger partial charge in [-0.25, -0.2) is 4.79 Å². The van der Waals surface area contributed by atoms with Crippen molar-refractivity contribution in [3.05, 3.63) is 18.2 Å². The van der Waals surface area contributed by atoms with Crippen molar-refractivity contribution in [3.63, 3.8) is 0 Å². The number of amides is 1. The van der Waals surface area contributed by atoms with Crippen LogP contribution >= 0.6 is 0 Å². The molecule has 0 bridgehead atoms. The molecule has 0 aliphatic heterocycles. The zero-order valence-corrected chi connectivity index (χ0v) is 11.4. The molecule has 1 rings (SSSR count). The molecule has 0 aromatic heterocycles. The third kappa shape index (κ3) is 4.34. The number of methoxy groups -OCH3 is 2. The number of anilines is 1. The second-order valence-electron chi connectivity index (χ2n) is 4.11. The zero-order chi connectivity index (χ0) is 15.1. The fraction of sp³-hybridized carbons (Fsp3) is 0.385. The lowest BCUT2D eigenvalue weighted by Gasteiger charge is -2.16. The number of hydrogen-bond donors (Lipinski definition) is 3. The first-order valence-corrected chi connectivity index (χ1v) is 5.97. The van der Waals surface area contributed by atoms with Gasteiger partial charge in [-0.15, -0.1) is 0 Å². The monoisotopic (exact) mass is 282 g/mol. The predicted octanol–water partition coefficient (Wildman–Crippen LogP) is 0.834. The number of nitrogens with one attached hydrogen (secondary N) is 1. The Balaban J connectivity index is 2.82. The summed E-state index contributed by atoms with van der Waals surface area (Å²) in [4.78, 5) is 21.9. The highest BCUT2D eigenvalue weighted by Gasteiger charge is 2.18. The summed E-state index contributed by atoms with van der Waals surface area (Å²) in [5, 5.41) is 11.9. The van der Waals surface area contributed by atoms with Crippen LogP contribution in [-0.2, 0) is 9.59 Å². The highest BCUT2D eigenvalue weighted by molar-refractivity contribution is 5.79. The molecule has 0 saturated carbocycles. The normalized spacial score (nSPS) is 11.5. The number of primary amides is 1. The summed E-state index contributed by atoms with van der Waals surface area (Å²) in [6, 6.07) is 4.05. The Bertz CT molecular complexity index is 490. The molecule has 0 spiro atoms. The van der Waals surface area contributed by atoms with Gasteiger partial charge in [-0.2, -0.15) is 0 Å². The van der Waals surface area contributed by atoms with Crippen molar-refractivity contribution in [3.8, 4) is 11.5 Å². The number of carbonyl (C=O) groups is 2. The first-order chi connectivity index (χ1) is 9.47. The highest BCUT2D eigenvalue weighted by atomic mass is 16.5. The van der Waals surface area contributed by atoms with Crippen LogP contribution < -0.4 is 20.5 Å². The van der Waals surface area contributed by atoms with E-state index in [1.807, 2.05) is 0 Å². The molecule has 0 aliphatic carbocycles. The molecule has 0 radical (unpaired) electrons. The van der Waals surface area contributed by atoms with Crippen LogP contribution in [0.3, 0.4) is 0 Å². The Morgan fingerprint density at radius 1 is 1.30 bits per heavy atom. The van der Waals surface area contributed by atoms with Crippen LogP contribution in [0.25, 0.3) is 0 Å². The lowest BCUT2D eigenvalue weighted by Crippen LogP contribution is -2.30. The van der Waals surface area contributed by atoms with Crippen LogP contribution in [-0.4, -0.2) is 37.2 Å². The van der Waals surface area contributed by atoms with Crippen molar-refractivity contribution in [1.29, 1.82) is 0 Å². The fourth-order valence-electron chi connectivity index (χ4n) is 1.67. The highest BCUT2D eigenvalue weighted by Crippen LogP contribution is 2.30. The average molecular weight is 282 g/mol. The third-order valence-electron chi connectivity index (χ3n) is 2.70. The van der Waals surface area contributed by atoms with Crippen molar-refractivity contribution in [1.82, 2.24) is 0 Å². The summed E-state index contributed by atoms with van der Waals surface area (Å²) < 4.78 is 10.2. The Labute approximate surface area is 116 Å². The maximum Gasteiger partial charge on any atom is 0.326 e.